The van der Waals surface area contributed by atoms with Gasteiger partial charge >= 0.3 is 6.09 Å². The molecule has 0 spiro atoms. The van der Waals surface area contributed by atoms with Crippen molar-refractivity contribution in [1.82, 2.24) is 4.90 Å². The van der Waals surface area contributed by atoms with Gasteiger partial charge in [-0.15, -0.1) is 0 Å². The fourth-order valence-electron chi connectivity index (χ4n) is 2.53. The number of nitrogens with zero attached hydrogens (tertiary/aromatic N) is 1. The van der Waals surface area contributed by atoms with Gasteiger partial charge in [-0.2, -0.15) is 0 Å². The Hall–Kier alpha value is -1.55. The van der Waals surface area contributed by atoms with E-state index in [2.05, 4.69) is 0 Å². The summed E-state index contributed by atoms with van der Waals surface area (Å²) in [5.74, 6) is 0.165. The van der Waals surface area contributed by atoms with Gasteiger partial charge < -0.3 is 14.7 Å². The summed E-state index contributed by atoms with van der Waals surface area (Å²) in [6, 6.07) is 9.70. The van der Waals surface area contributed by atoms with E-state index in [-0.39, 0.29) is 24.7 Å². The molecule has 0 bridgehead atoms. The van der Waals surface area contributed by atoms with Gasteiger partial charge in [-0.3, -0.25) is 0 Å². The van der Waals surface area contributed by atoms with Crippen LogP contribution in [-0.4, -0.2) is 35.3 Å². The van der Waals surface area contributed by atoms with Gasteiger partial charge in [-0.1, -0.05) is 30.3 Å². The summed E-state index contributed by atoms with van der Waals surface area (Å²) < 4.78 is 5.34. The molecule has 104 valence electrons. The van der Waals surface area contributed by atoms with Gasteiger partial charge in [0, 0.05) is 25.1 Å². The molecule has 2 rings (SSSR count). The SMILES string of the molecule is C[C@@H]1[C@@H](CO)CCCN1C(=O)OCc1ccccc1. The van der Waals surface area contributed by atoms with Gasteiger partial charge in [0.15, 0.2) is 0 Å². The normalized spacial score (nSPS) is 23.2. The topological polar surface area (TPSA) is 49.8 Å². The number of piperidine rings is 1. The van der Waals surface area contributed by atoms with Gasteiger partial charge in [0.25, 0.3) is 0 Å². The Bertz CT molecular complexity index is 407. The largest absolute Gasteiger partial charge is 0.445 e. The summed E-state index contributed by atoms with van der Waals surface area (Å²) in [5, 5.41) is 9.29. The third kappa shape index (κ3) is 3.47. The van der Waals surface area contributed by atoms with Gasteiger partial charge in [0.05, 0.1) is 0 Å². The van der Waals surface area contributed by atoms with Crippen LogP contribution in [0.2, 0.25) is 0 Å². The number of hydrogen-bond donors (Lipinski definition) is 1. The highest BCUT2D eigenvalue weighted by atomic mass is 16.6. The lowest BCUT2D eigenvalue weighted by Crippen LogP contribution is -2.48. The van der Waals surface area contributed by atoms with Crippen molar-refractivity contribution in [2.24, 2.45) is 5.92 Å². The minimum atomic E-state index is -0.283. The van der Waals surface area contributed by atoms with Crippen molar-refractivity contribution in [2.75, 3.05) is 13.2 Å². The van der Waals surface area contributed by atoms with Crippen molar-refractivity contribution in [3.63, 3.8) is 0 Å². The van der Waals surface area contributed by atoms with Crippen molar-refractivity contribution in [2.45, 2.75) is 32.4 Å². The Morgan fingerprint density at radius 3 is 2.84 bits per heavy atom. The van der Waals surface area contributed by atoms with Crippen LogP contribution in [0.3, 0.4) is 0 Å². The second kappa shape index (κ2) is 6.57. The highest BCUT2D eigenvalue weighted by Crippen LogP contribution is 2.23. The smallest absolute Gasteiger partial charge is 0.410 e. The molecule has 1 saturated heterocycles. The Kier molecular flexibility index (Phi) is 4.80. The predicted octanol–water partition coefficient (Wildman–Crippen LogP) is 2.42. The summed E-state index contributed by atoms with van der Waals surface area (Å²) in [4.78, 5) is 13.8. The molecule has 1 amide bonds. The highest BCUT2D eigenvalue weighted by Gasteiger charge is 2.31. The third-order valence-corrected chi connectivity index (χ3v) is 3.82. The van der Waals surface area contributed by atoms with Gasteiger partial charge in [-0.25, -0.2) is 4.79 Å². The second-order valence-corrected chi connectivity index (χ2v) is 5.06. The summed E-state index contributed by atoms with van der Waals surface area (Å²) >= 11 is 0. The van der Waals surface area contributed by atoms with Crippen molar-refractivity contribution in [3.05, 3.63) is 35.9 Å². The summed E-state index contributed by atoms with van der Waals surface area (Å²) in [6.07, 6.45) is 1.62. The van der Waals surface area contributed by atoms with E-state index in [1.807, 2.05) is 37.3 Å². The third-order valence-electron chi connectivity index (χ3n) is 3.82. The summed E-state index contributed by atoms with van der Waals surface area (Å²) in [5.41, 5.74) is 0.985. The van der Waals surface area contributed by atoms with Crippen LogP contribution in [0.15, 0.2) is 30.3 Å². The van der Waals surface area contributed by atoms with Crippen LogP contribution in [0.1, 0.15) is 25.3 Å². The van der Waals surface area contributed by atoms with E-state index in [0.29, 0.717) is 13.2 Å². The number of carbonyl (C=O) groups is 1. The van der Waals surface area contributed by atoms with E-state index in [1.54, 1.807) is 4.90 Å². The van der Waals surface area contributed by atoms with E-state index >= 15 is 0 Å². The van der Waals surface area contributed by atoms with Crippen LogP contribution in [0.4, 0.5) is 4.79 Å². The number of ether oxygens (including phenoxy) is 1. The number of likely N-dealkylation sites (tertiary alicyclic amines) is 1. The zero-order valence-electron chi connectivity index (χ0n) is 11.3. The first-order valence-electron chi connectivity index (χ1n) is 6.80. The van der Waals surface area contributed by atoms with Crippen molar-refractivity contribution < 1.29 is 14.6 Å². The lowest BCUT2D eigenvalue weighted by molar-refractivity contribution is 0.0393. The quantitative estimate of drug-likeness (QED) is 0.911. The molecule has 2 atom stereocenters. The van der Waals surface area contributed by atoms with Crippen molar-refractivity contribution >= 4 is 6.09 Å². The molecule has 4 nitrogen and oxygen atoms in total. The molecule has 4 heteroatoms. The monoisotopic (exact) mass is 263 g/mol. The van der Waals surface area contributed by atoms with Crippen LogP contribution < -0.4 is 0 Å². The molecule has 1 aliphatic heterocycles. The Morgan fingerprint density at radius 1 is 1.42 bits per heavy atom. The van der Waals surface area contributed by atoms with E-state index in [9.17, 15) is 9.90 Å². The fourth-order valence-corrected chi connectivity index (χ4v) is 2.53. The van der Waals surface area contributed by atoms with Crippen LogP contribution in [-0.2, 0) is 11.3 Å². The molecule has 19 heavy (non-hydrogen) atoms. The van der Waals surface area contributed by atoms with Crippen molar-refractivity contribution in [1.29, 1.82) is 0 Å². The molecule has 1 aromatic carbocycles. The molecule has 0 aliphatic carbocycles. The van der Waals surface area contributed by atoms with Crippen LogP contribution in [0, 0.1) is 5.92 Å². The van der Waals surface area contributed by atoms with Crippen LogP contribution in [0.5, 0.6) is 0 Å². The van der Waals surface area contributed by atoms with E-state index in [1.165, 1.54) is 0 Å². The van der Waals surface area contributed by atoms with Gasteiger partial charge in [0.2, 0.25) is 0 Å². The average molecular weight is 263 g/mol. The number of aliphatic hydroxyl groups is 1. The minimum Gasteiger partial charge on any atom is -0.445 e. The molecule has 0 radical (unpaired) electrons. The van der Waals surface area contributed by atoms with Crippen LogP contribution in [0.25, 0.3) is 0 Å². The zero-order valence-corrected chi connectivity index (χ0v) is 11.3. The maximum absolute atomic E-state index is 12.1. The predicted molar refractivity (Wildman–Crippen MR) is 72.6 cm³/mol. The number of carbonyl (C=O) groups excluding carboxylic acids is 1. The molecular formula is C15H21NO3. The first-order valence-corrected chi connectivity index (χ1v) is 6.80. The molecule has 1 heterocycles. The first kappa shape index (κ1) is 13.9. The van der Waals surface area contributed by atoms with E-state index in [0.717, 1.165) is 18.4 Å². The first-order chi connectivity index (χ1) is 9.22. The number of hydrogen-bond acceptors (Lipinski definition) is 3. The maximum atomic E-state index is 12.1. The lowest BCUT2D eigenvalue weighted by Gasteiger charge is -2.37. The summed E-state index contributed by atoms with van der Waals surface area (Å²) in [7, 11) is 0. The number of aliphatic hydroxyl groups excluding tert-OH is 1. The van der Waals surface area contributed by atoms with E-state index < -0.39 is 0 Å². The Balaban J connectivity index is 1.89. The standard InChI is InChI=1S/C15H21NO3/c1-12-14(10-17)8-5-9-16(12)15(18)19-11-13-6-3-2-4-7-13/h2-4,6-7,12,14,17H,5,8-11H2,1H3/t12-,14-/m1/s1. The van der Waals surface area contributed by atoms with E-state index in [4.69, 9.17) is 4.74 Å². The molecule has 0 unspecified atom stereocenters. The maximum Gasteiger partial charge on any atom is 0.410 e. The number of amides is 1. The second-order valence-electron chi connectivity index (χ2n) is 5.06. The minimum absolute atomic E-state index is 0.0435. The zero-order chi connectivity index (χ0) is 13.7. The molecule has 0 saturated carbocycles. The Morgan fingerprint density at radius 2 is 2.16 bits per heavy atom. The average Bonchev–Trinajstić information content (AvgIpc) is 2.46. The lowest BCUT2D eigenvalue weighted by atomic mass is 9.91. The van der Waals surface area contributed by atoms with Crippen molar-refractivity contribution in [3.8, 4) is 0 Å². The van der Waals surface area contributed by atoms with Gasteiger partial charge in [-0.05, 0) is 25.3 Å². The Labute approximate surface area is 114 Å². The van der Waals surface area contributed by atoms with Gasteiger partial charge in [0.1, 0.15) is 6.61 Å². The fraction of sp³-hybridized carbons (Fsp3) is 0.533. The molecule has 1 N–H and O–H groups in total. The molecule has 1 aliphatic rings. The molecule has 1 aromatic rings. The molecular weight excluding hydrogens is 242 g/mol. The highest BCUT2D eigenvalue weighted by molar-refractivity contribution is 5.68. The number of benzene rings is 1. The number of rotatable bonds is 3. The molecule has 1 fully saturated rings. The molecule has 0 aromatic heterocycles. The van der Waals surface area contributed by atoms with Crippen LogP contribution >= 0.6 is 0 Å². The summed E-state index contributed by atoms with van der Waals surface area (Å²) in [6.45, 7) is 3.12.